The highest BCUT2D eigenvalue weighted by Crippen LogP contribution is 2.28. The molecule has 0 aromatic rings. The van der Waals surface area contributed by atoms with Gasteiger partial charge in [0.05, 0.1) is 12.2 Å². The normalized spacial score (nSPS) is 18.9. The minimum atomic E-state index is -4.15. The van der Waals surface area contributed by atoms with Gasteiger partial charge in [-0.25, -0.2) is 0 Å². The van der Waals surface area contributed by atoms with Gasteiger partial charge in [0.2, 0.25) is 5.91 Å². The van der Waals surface area contributed by atoms with E-state index in [0.717, 1.165) is 16.7 Å². The van der Waals surface area contributed by atoms with Crippen LogP contribution in [0.15, 0.2) is 0 Å². The lowest BCUT2D eigenvalue weighted by molar-refractivity contribution is -0.134. The number of thioether (sulfide) groups is 1. The Balaban J connectivity index is 2.23. The van der Waals surface area contributed by atoms with Crippen LogP contribution in [0.3, 0.4) is 0 Å². The van der Waals surface area contributed by atoms with Crippen molar-refractivity contribution >= 4 is 45.5 Å². The topological polar surface area (TPSA) is 37.4 Å². The van der Waals surface area contributed by atoms with Crippen molar-refractivity contribution in [2.45, 2.75) is 29.4 Å². The molecule has 2 amide bonds. The molecule has 1 saturated heterocycles. The van der Waals surface area contributed by atoms with Crippen LogP contribution in [0.4, 0.5) is 18.0 Å². The first-order valence-corrected chi connectivity index (χ1v) is 7.20. The third-order valence-electron chi connectivity index (χ3n) is 2.19. The molecule has 1 aliphatic heterocycles. The highest BCUT2D eigenvalue weighted by atomic mass is 127. The largest absolute Gasteiger partial charge is 0.390 e. The smallest absolute Gasteiger partial charge is 0.273 e. The van der Waals surface area contributed by atoms with Crippen LogP contribution < -0.4 is 0 Å². The van der Waals surface area contributed by atoms with Gasteiger partial charge in [0.25, 0.3) is 5.24 Å². The molecule has 1 fully saturated rings. The lowest BCUT2D eigenvalue weighted by Gasteiger charge is -2.15. The van der Waals surface area contributed by atoms with Crippen molar-refractivity contribution in [3.63, 3.8) is 0 Å². The van der Waals surface area contributed by atoms with Crippen molar-refractivity contribution in [3.8, 4) is 0 Å². The highest BCUT2D eigenvalue weighted by Gasteiger charge is 2.32. The van der Waals surface area contributed by atoms with Crippen LogP contribution >= 0.6 is 34.4 Å². The average molecular weight is 381 g/mol. The van der Waals surface area contributed by atoms with Gasteiger partial charge in [-0.2, -0.15) is 13.2 Å². The van der Waals surface area contributed by atoms with Crippen molar-refractivity contribution in [2.75, 3.05) is 12.3 Å². The van der Waals surface area contributed by atoms with E-state index in [0.29, 0.717) is 12.8 Å². The molecule has 0 bridgehead atoms. The Morgan fingerprint density at radius 3 is 2.53 bits per heavy atom. The molecule has 8 heteroatoms. The summed E-state index contributed by atoms with van der Waals surface area (Å²) < 4.78 is 35.6. The van der Waals surface area contributed by atoms with E-state index in [1.54, 1.807) is 22.6 Å². The molecule has 1 rings (SSSR count). The van der Waals surface area contributed by atoms with Crippen molar-refractivity contribution in [3.05, 3.63) is 0 Å². The van der Waals surface area contributed by atoms with Gasteiger partial charge in [-0.1, -0.05) is 34.4 Å². The summed E-state index contributed by atoms with van der Waals surface area (Å²) in [6.45, 7) is 0.224. The standard InChI is InChI=1S/C9H11F3INO2S/c10-9(11,12)4-6(13)2-1-3-14-7(15)5-17-8(14)16/h6H,1-5H2. The highest BCUT2D eigenvalue weighted by molar-refractivity contribution is 14.1. The Kier molecular flexibility index (Phi) is 5.55. The van der Waals surface area contributed by atoms with Crippen LogP contribution in [0, 0.1) is 0 Å². The molecule has 1 heterocycles. The second-order valence-electron chi connectivity index (χ2n) is 3.66. The Hall–Kier alpha value is 0.01000. The fourth-order valence-electron chi connectivity index (χ4n) is 1.42. The molecular formula is C9H11F3INO2S. The zero-order valence-electron chi connectivity index (χ0n) is 8.80. The molecule has 98 valence electrons. The minimum Gasteiger partial charge on any atom is -0.273 e. The molecule has 1 unspecified atom stereocenters. The van der Waals surface area contributed by atoms with Gasteiger partial charge < -0.3 is 0 Å². The molecule has 0 aliphatic carbocycles. The molecule has 1 aliphatic rings. The van der Waals surface area contributed by atoms with E-state index in [2.05, 4.69) is 0 Å². The van der Waals surface area contributed by atoms with Gasteiger partial charge in [-0.3, -0.25) is 14.5 Å². The molecule has 0 aromatic carbocycles. The van der Waals surface area contributed by atoms with E-state index < -0.39 is 16.5 Å². The van der Waals surface area contributed by atoms with E-state index in [9.17, 15) is 22.8 Å². The Morgan fingerprint density at radius 2 is 2.06 bits per heavy atom. The molecule has 0 radical (unpaired) electrons. The first-order chi connectivity index (χ1) is 7.79. The van der Waals surface area contributed by atoms with E-state index in [1.807, 2.05) is 0 Å². The predicted molar refractivity (Wildman–Crippen MR) is 67.3 cm³/mol. The number of alkyl halides is 4. The molecule has 0 saturated carbocycles. The molecule has 1 atom stereocenters. The maximum atomic E-state index is 12.0. The predicted octanol–water partition coefficient (Wildman–Crippen LogP) is 3.22. The van der Waals surface area contributed by atoms with Gasteiger partial charge in [0.1, 0.15) is 0 Å². The number of carbonyl (C=O) groups excluding carboxylic acids is 2. The van der Waals surface area contributed by atoms with Crippen molar-refractivity contribution < 1.29 is 22.8 Å². The number of nitrogens with zero attached hydrogens (tertiary/aromatic N) is 1. The Bertz CT molecular complexity index is 295. The van der Waals surface area contributed by atoms with E-state index in [1.165, 1.54) is 0 Å². The third-order valence-corrected chi connectivity index (χ3v) is 4.11. The summed E-state index contributed by atoms with van der Waals surface area (Å²) in [5, 5.41) is -0.296. The number of halogens is 4. The monoisotopic (exact) mass is 381 g/mol. The number of rotatable bonds is 5. The van der Waals surface area contributed by atoms with Crippen molar-refractivity contribution in [1.29, 1.82) is 0 Å². The lowest BCUT2D eigenvalue weighted by Crippen LogP contribution is -2.30. The van der Waals surface area contributed by atoms with Crippen LogP contribution in [0.1, 0.15) is 19.3 Å². The summed E-state index contributed by atoms with van der Waals surface area (Å²) in [5.41, 5.74) is 0. The quantitative estimate of drug-likeness (QED) is 0.542. The van der Waals surface area contributed by atoms with Crippen LogP contribution in [-0.4, -0.2) is 38.4 Å². The second kappa shape index (κ2) is 6.26. The summed E-state index contributed by atoms with van der Waals surface area (Å²) in [6.07, 6.45) is -4.21. The molecular weight excluding hydrogens is 370 g/mol. The third kappa shape index (κ3) is 5.45. The van der Waals surface area contributed by atoms with Gasteiger partial charge in [-0.05, 0) is 12.8 Å². The minimum absolute atomic E-state index is 0.148. The Labute approximate surface area is 115 Å². The van der Waals surface area contributed by atoms with Gasteiger partial charge in [-0.15, -0.1) is 0 Å². The van der Waals surface area contributed by atoms with Crippen molar-refractivity contribution in [1.82, 2.24) is 4.90 Å². The van der Waals surface area contributed by atoms with E-state index >= 15 is 0 Å². The zero-order chi connectivity index (χ0) is 13.1. The van der Waals surface area contributed by atoms with E-state index in [-0.39, 0.29) is 23.4 Å². The maximum absolute atomic E-state index is 12.0. The van der Waals surface area contributed by atoms with Crippen molar-refractivity contribution in [2.24, 2.45) is 0 Å². The fourth-order valence-corrected chi connectivity index (χ4v) is 3.11. The average Bonchev–Trinajstić information content (AvgIpc) is 2.46. The van der Waals surface area contributed by atoms with Gasteiger partial charge >= 0.3 is 6.18 Å². The number of hydrogen-bond acceptors (Lipinski definition) is 3. The summed E-state index contributed by atoms with van der Waals surface area (Å²) in [4.78, 5) is 23.5. The zero-order valence-corrected chi connectivity index (χ0v) is 11.8. The van der Waals surface area contributed by atoms with Crippen LogP contribution in [0.25, 0.3) is 0 Å². The molecule has 0 aromatic heterocycles. The first-order valence-electron chi connectivity index (χ1n) is 4.97. The number of amides is 2. The molecule has 0 N–H and O–H groups in total. The van der Waals surface area contributed by atoms with E-state index in [4.69, 9.17) is 0 Å². The summed E-state index contributed by atoms with van der Waals surface area (Å²) in [7, 11) is 0. The van der Waals surface area contributed by atoms with Gasteiger partial charge in [0.15, 0.2) is 0 Å². The summed E-state index contributed by atoms with van der Waals surface area (Å²) >= 11 is 2.69. The van der Waals surface area contributed by atoms with Crippen LogP contribution in [-0.2, 0) is 4.79 Å². The number of hydrogen-bond donors (Lipinski definition) is 0. The first kappa shape index (κ1) is 15.1. The number of carbonyl (C=O) groups is 2. The summed E-state index contributed by atoms with van der Waals surface area (Å²) in [6, 6.07) is 0. The summed E-state index contributed by atoms with van der Waals surface area (Å²) in [5.74, 6) is -0.101. The Morgan fingerprint density at radius 1 is 1.41 bits per heavy atom. The second-order valence-corrected chi connectivity index (χ2v) is 6.35. The SMILES string of the molecule is O=C1CSC(=O)N1CCCC(I)CC(F)(F)F. The lowest BCUT2D eigenvalue weighted by atomic mass is 10.2. The number of imide groups is 1. The molecule has 0 spiro atoms. The van der Waals surface area contributed by atoms with Crippen LogP contribution in [0.2, 0.25) is 0 Å². The van der Waals surface area contributed by atoms with Crippen LogP contribution in [0.5, 0.6) is 0 Å². The molecule has 17 heavy (non-hydrogen) atoms. The fraction of sp³-hybridized carbons (Fsp3) is 0.778. The maximum Gasteiger partial charge on any atom is 0.390 e. The van der Waals surface area contributed by atoms with Gasteiger partial charge in [0, 0.05) is 10.5 Å². The molecule has 3 nitrogen and oxygen atoms in total.